The predicted molar refractivity (Wildman–Crippen MR) is 124 cm³/mol. The first-order valence-corrected chi connectivity index (χ1v) is 10.5. The van der Waals surface area contributed by atoms with Gasteiger partial charge in [-0.2, -0.15) is 0 Å². The summed E-state index contributed by atoms with van der Waals surface area (Å²) in [5, 5.41) is 2.99. The number of carbonyl (C=O) groups is 1. The first-order valence-electron chi connectivity index (χ1n) is 10.5. The highest BCUT2D eigenvalue weighted by atomic mass is 16.5. The van der Waals surface area contributed by atoms with Gasteiger partial charge in [0.2, 0.25) is 5.91 Å². The van der Waals surface area contributed by atoms with Crippen LogP contribution < -0.4 is 24.3 Å². The summed E-state index contributed by atoms with van der Waals surface area (Å²) in [5.41, 5.74) is 4.44. The van der Waals surface area contributed by atoms with Gasteiger partial charge in [0.1, 0.15) is 17.6 Å². The Balaban J connectivity index is 1.87. The van der Waals surface area contributed by atoms with E-state index < -0.39 is 6.10 Å². The average molecular weight is 434 g/mol. The molecular weight excluding hydrogens is 406 g/mol. The van der Waals surface area contributed by atoms with Gasteiger partial charge < -0.3 is 24.3 Å². The minimum Gasteiger partial charge on any atom is -0.496 e. The molecule has 6 nitrogen and oxygen atoms in total. The Labute approximate surface area is 188 Å². The van der Waals surface area contributed by atoms with E-state index in [2.05, 4.69) is 5.32 Å². The summed E-state index contributed by atoms with van der Waals surface area (Å²) < 4.78 is 23.0. The van der Waals surface area contributed by atoms with Crippen molar-refractivity contribution in [2.75, 3.05) is 26.6 Å². The number of benzene rings is 3. The van der Waals surface area contributed by atoms with Crippen molar-refractivity contribution in [1.29, 1.82) is 0 Å². The zero-order chi connectivity index (χ0) is 22.8. The molecule has 1 heterocycles. The number of hydrogen-bond acceptors (Lipinski definition) is 5. The third-order valence-electron chi connectivity index (χ3n) is 5.56. The summed E-state index contributed by atoms with van der Waals surface area (Å²) in [6, 6.07) is 17.4. The molecule has 1 amide bonds. The number of hydrogen-bond donors (Lipinski definition) is 1. The summed E-state index contributed by atoms with van der Waals surface area (Å²) in [5.74, 6) is 2.57. The van der Waals surface area contributed by atoms with Gasteiger partial charge in [-0.25, -0.2) is 0 Å². The molecule has 4 rings (SSSR count). The topological polar surface area (TPSA) is 66.0 Å². The van der Waals surface area contributed by atoms with E-state index in [1.165, 1.54) is 0 Å². The van der Waals surface area contributed by atoms with E-state index in [-0.39, 0.29) is 11.8 Å². The van der Waals surface area contributed by atoms with Gasteiger partial charge in [0.05, 0.1) is 26.9 Å². The van der Waals surface area contributed by atoms with Gasteiger partial charge in [0, 0.05) is 22.7 Å². The van der Waals surface area contributed by atoms with Crippen molar-refractivity contribution in [3.05, 3.63) is 65.7 Å². The molecule has 0 saturated heterocycles. The lowest BCUT2D eigenvalue weighted by Crippen LogP contribution is -2.19. The Hall–Kier alpha value is -3.67. The molecule has 0 saturated carbocycles. The van der Waals surface area contributed by atoms with Gasteiger partial charge in [-0.05, 0) is 42.0 Å². The molecule has 166 valence electrons. The molecule has 1 unspecified atom stereocenters. The maximum Gasteiger partial charge on any atom is 0.226 e. The second-order valence-electron chi connectivity index (χ2n) is 7.89. The van der Waals surface area contributed by atoms with E-state index in [1.54, 1.807) is 21.3 Å². The van der Waals surface area contributed by atoms with Crippen LogP contribution in [0.2, 0.25) is 0 Å². The number of nitrogens with one attached hydrogen (secondary N) is 1. The summed E-state index contributed by atoms with van der Waals surface area (Å²) in [6.07, 6.45) is -0.402. The molecule has 0 bridgehead atoms. The SMILES string of the molecule is COc1ccc(C2Oc3cccc(OC)c3-c3ccc(NC(=O)C(C)C)cc32)cc1OC. The van der Waals surface area contributed by atoms with Crippen LogP contribution in [0.1, 0.15) is 31.1 Å². The highest BCUT2D eigenvalue weighted by molar-refractivity contribution is 5.93. The maximum atomic E-state index is 12.3. The first kappa shape index (κ1) is 21.6. The summed E-state index contributed by atoms with van der Waals surface area (Å²) in [7, 11) is 4.86. The molecule has 1 aliphatic rings. The highest BCUT2D eigenvalue weighted by Gasteiger charge is 2.30. The lowest BCUT2D eigenvalue weighted by Gasteiger charge is -2.31. The number of fused-ring (bicyclic) bond motifs is 3. The summed E-state index contributed by atoms with van der Waals surface area (Å²) >= 11 is 0. The van der Waals surface area contributed by atoms with Crippen LogP contribution in [0.25, 0.3) is 11.1 Å². The first-order chi connectivity index (χ1) is 15.5. The van der Waals surface area contributed by atoms with Gasteiger partial charge >= 0.3 is 0 Å². The largest absolute Gasteiger partial charge is 0.496 e. The quantitative estimate of drug-likeness (QED) is 0.560. The molecule has 3 aromatic carbocycles. The smallest absolute Gasteiger partial charge is 0.226 e. The fraction of sp³-hybridized carbons (Fsp3) is 0.269. The van der Waals surface area contributed by atoms with Crippen molar-refractivity contribution in [1.82, 2.24) is 0 Å². The van der Waals surface area contributed by atoms with E-state index in [1.807, 2.05) is 68.4 Å². The van der Waals surface area contributed by atoms with Gasteiger partial charge in [-0.3, -0.25) is 4.79 Å². The Morgan fingerprint density at radius 2 is 1.66 bits per heavy atom. The Morgan fingerprint density at radius 1 is 0.906 bits per heavy atom. The molecule has 0 radical (unpaired) electrons. The number of anilines is 1. The summed E-state index contributed by atoms with van der Waals surface area (Å²) in [6.45, 7) is 3.73. The van der Waals surface area contributed by atoms with Gasteiger partial charge in [-0.1, -0.05) is 32.0 Å². The molecule has 0 fully saturated rings. The van der Waals surface area contributed by atoms with Crippen LogP contribution in [0.3, 0.4) is 0 Å². The van der Waals surface area contributed by atoms with Crippen molar-refractivity contribution >= 4 is 11.6 Å². The van der Waals surface area contributed by atoms with Crippen LogP contribution in [0, 0.1) is 5.92 Å². The van der Waals surface area contributed by atoms with Crippen molar-refractivity contribution in [3.8, 4) is 34.1 Å². The van der Waals surface area contributed by atoms with Crippen molar-refractivity contribution in [2.45, 2.75) is 20.0 Å². The fourth-order valence-electron chi connectivity index (χ4n) is 3.87. The molecular formula is C26H27NO5. The number of amides is 1. The van der Waals surface area contributed by atoms with Crippen LogP contribution in [0.5, 0.6) is 23.0 Å². The highest BCUT2D eigenvalue weighted by Crippen LogP contribution is 2.50. The normalized spacial score (nSPS) is 14.1. The second kappa shape index (κ2) is 8.83. The van der Waals surface area contributed by atoms with Crippen molar-refractivity contribution in [2.24, 2.45) is 5.92 Å². The van der Waals surface area contributed by atoms with E-state index >= 15 is 0 Å². The number of carbonyl (C=O) groups excluding carboxylic acids is 1. The van der Waals surface area contributed by atoms with Crippen LogP contribution >= 0.6 is 0 Å². The Morgan fingerprint density at radius 3 is 2.34 bits per heavy atom. The predicted octanol–water partition coefficient (Wildman–Crippen LogP) is 5.46. The lowest BCUT2D eigenvalue weighted by molar-refractivity contribution is -0.118. The third-order valence-corrected chi connectivity index (χ3v) is 5.56. The van der Waals surface area contributed by atoms with Gasteiger partial charge in [0.25, 0.3) is 0 Å². The van der Waals surface area contributed by atoms with Crippen LogP contribution in [0.4, 0.5) is 5.69 Å². The molecule has 0 aromatic heterocycles. The number of ether oxygens (including phenoxy) is 4. The lowest BCUT2D eigenvalue weighted by atomic mass is 9.88. The van der Waals surface area contributed by atoms with E-state index in [0.29, 0.717) is 11.5 Å². The van der Waals surface area contributed by atoms with Crippen LogP contribution in [-0.2, 0) is 4.79 Å². The summed E-state index contributed by atoms with van der Waals surface area (Å²) in [4.78, 5) is 12.3. The Bertz CT molecular complexity index is 1150. The molecule has 0 aliphatic carbocycles. The minimum absolute atomic E-state index is 0.0395. The van der Waals surface area contributed by atoms with Gasteiger partial charge in [-0.15, -0.1) is 0 Å². The zero-order valence-electron chi connectivity index (χ0n) is 18.9. The minimum atomic E-state index is -0.402. The standard InChI is InChI=1S/C26H27NO5/c1-15(2)26(28)27-17-10-11-18-19(14-17)25(16-9-12-20(29-3)23(13-16)31-5)32-22-8-6-7-21(30-4)24(18)22/h6-15,25H,1-5H3,(H,27,28). The molecule has 0 spiro atoms. The maximum absolute atomic E-state index is 12.3. The monoisotopic (exact) mass is 433 g/mol. The molecule has 3 aromatic rings. The van der Waals surface area contributed by atoms with Crippen molar-refractivity contribution < 1.29 is 23.7 Å². The van der Waals surface area contributed by atoms with E-state index in [9.17, 15) is 4.79 Å². The molecule has 1 aliphatic heterocycles. The van der Waals surface area contributed by atoms with Crippen LogP contribution in [-0.4, -0.2) is 27.2 Å². The fourth-order valence-corrected chi connectivity index (χ4v) is 3.87. The number of methoxy groups -OCH3 is 3. The molecule has 1 atom stereocenters. The van der Waals surface area contributed by atoms with Gasteiger partial charge in [0.15, 0.2) is 11.5 Å². The zero-order valence-corrected chi connectivity index (χ0v) is 18.9. The molecule has 32 heavy (non-hydrogen) atoms. The van der Waals surface area contributed by atoms with E-state index in [4.69, 9.17) is 18.9 Å². The van der Waals surface area contributed by atoms with E-state index in [0.717, 1.165) is 39.4 Å². The molecule has 6 heteroatoms. The average Bonchev–Trinajstić information content (AvgIpc) is 2.82. The molecule has 1 N–H and O–H groups in total. The second-order valence-corrected chi connectivity index (χ2v) is 7.89. The van der Waals surface area contributed by atoms with Crippen LogP contribution in [0.15, 0.2) is 54.6 Å². The number of rotatable bonds is 6. The third kappa shape index (κ3) is 3.84. The van der Waals surface area contributed by atoms with Crippen molar-refractivity contribution in [3.63, 3.8) is 0 Å². The Kier molecular flexibility index (Phi) is 5.95.